The van der Waals surface area contributed by atoms with Gasteiger partial charge in [-0.15, -0.1) is 29.7 Å². The van der Waals surface area contributed by atoms with E-state index in [9.17, 15) is 4.79 Å². The van der Waals surface area contributed by atoms with E-state index in [1.54, 1.807) is 0 Å². The zero-order chi connectivity index (χ0) is 30.5. The second-order valence-corrected chi connectivity index (χ2v) is 10.4. The predicted molar refractivity (Wildman–Crippen MR) is 181 cm³/mol. The average molecular weight is 765 g/mol. The van der Waals surface area contributed by atoms with Gasteiger partial charge in [-0.2, -0.15) is 0 Å². The van der Waals surface area contributed by atoms with Crippen LogP contribution >= 0.6 is 0 Å². The Morgan fingerprint density at radius 2 is 1.24 bits per heavy atom. The van der Waals surface area contributed by atoms with E-state index in [0.29, 0.717) is 0 Å². The van der Waals surface area contributed by atoms with Crippen LogP contribution in [-0.2, 0) is 24.9 Å². The number of para-hydroxylation sites is 2. The fourth-order valence-electron chi connectivity index (χ4n) is 5.36. The van der Waals surface area contributed by atoms with Gasteiger partial charge in [0.2, 0.25) is 0 Å². The largest absolute Gasteiger partial charge is 0.512 e. The van der Waals surface area contributed by atoms with Crippen molar-refractivity contribution in [2.45, 2.75) is 13.8 Å². The van der Waals surface area contributed by atoms with Gasteiger partial charge >= 0.3 is 0 Å². The molecule has 0 aliphatic heterocycles. The quantitative estimate of drug-likeness (QED) is 0.0819. The summed E-state index contributed by atoms with van der Waals surface area (Å²) >= 11 is 0. The van der Waals surface area contributed by atoms with Crippen LogP contribution in [0.4, 0.5) is 17.1 Å². The summed E-state index contributed by atoms with van der Waals surface area (Å²) in [6, 6.07) is 47.3. The second-order valence-electron chi connectivity index (χ2n) is 10.4. The number of anilines is 3. The zero-order valence-electron chi connectivity index (χ0n) is 24.8. The van der Waals surface area contributed by atoms with Gasteiger partial charge in [-0.25, -0.2) is 0 Å². The Morgan fingerprint density at radius 1 is 0.689 bits per heavy atom. The van der Waals surface area contributed by atoms with Crippen LogP contribution in [0, 0.1) is 6.07 Å². The molecular formula is C39H30IrN3O2-. The second kappa shape index (κ2) is 14.1. The summed E-state index contributed by atoms with van der Waals surface area (Å²) in [4.78, 5) is 22.3. The third kappa shape index (κ3) is 6.83. The molecule has 0 aliphatic rings. The molecule has 1 heterocycles. The van der Waals surface area contributed by atoms with Gasteiger partial charge in [0, 0.05) is 60.5 Å². The van der Waals surface area contributed by atoms with Crippen LogP contribution in [-0.4, -0.2) is 20.9 Å². The van der Waals surface area contributed by atoms with Crippen molar-refractivity contribution in [2.75, 3.05) is 4.90 Å². The van der Waals surface area contributed by atoms with E-state index in [1.807, 2.05) is 30.5 Å². The average Bonchev–Trinajstić information content (AvgIpc) is 3.06. The fourth-order valence-corrected chi connectivity index (χ4v) is 5.36. The fraction of sp³-hybridized carbons (Fsp3) is 0.0513. The van der Waals surface area contributed by atoms with Crippen LogP contribution in [0.25, 0.3) is 43.8 Å². The number of fused-ring (bicyclic) bond motifs is 6. The number of hydrogen-bond donors (Lipinski definition) is 1. The molecule has 0 bridgehead atoms. The van der Waals surface area contributed by atoms with E-state index in [2.05, 4.69) is 114 Å². The minimum absolute atomic E-state index is 0. The van der Waals surface area contributed by atoms with Crippen LogP contribution < -0.4 is 4.90 Å². The molecule has 0 unspecified atom stereocenters. The van der Waals surface area contributed by atoms with Crippen molar-refractivity contribution in [3.05, 3.63) is 151 Å². The molecule has 0 spiro atoms. The van der Waals surface area contributed by atoms with Gasteiger partial charge in [0.05, 0.1) is 17.0 Å². The smallest absolute Gasteiger partial charge is 0.155 e. The van der Waals surface area contributed by atoms with Crippen LogP contribution in [0.15, 0.2) is 145 Å². The number of ketones is 1. The van der Waals surface area contributed by atoms with Crippen molar-refractivity contribution in [3.8, 4) is 11.3 Å². The maximum absolute atomic E-state index is 10.0. The van der Waals surface area contributed by atoms with Crippen LogP contribution in [0.5, 0.6) is 0 Å². The van der Waals surface area contributed by atoms with Gasteiger partial charge < -0.3 is 15.0 Å². The standard InChI is InChI=1S/C34H22N3.C5H8O2.Ir/c1-3-11-25(12-4-1)37(26-13-5-2-6-14-26)27-21-19-24(20-22-27)32-23-35-33-30-17-9-7-15-28(30)29-16-8-10-18-31(29)34(33)36-32;1-4(6)3-5(2)7;/h1-16,18-23H;3,6H,1-2H3;/q-1;;. The van der Waals surface area contributed by atoms with Crippen LogP contribution in [0.2, 0.25) is 0 Å². The third-order valence-corrected chi connectivity index (χ3v) is 7.20. The Hall–Kier alpha value is -5.16. The molecule has 6 aromatic carbocycles. The first-order chi connectivity index (χ1) is 21.5. The molecule has 7 rings (SSSR count). The summed E-state index contributed by atoms with van der Waals surface area (Å²) in [6.45, 7) is 2.85. The van der Waals surface area contributed by atoms with E-state index in [-0.39, 0.29) is 31.6 Å². The van der Waals surface area contributed by atoms with Crippen molar-refractivity contribution in [3.63, 3.8) is 0 Å². The summed E-state index contributed by atoms with van der Waals surface area (Å²) in [5.74, 6) is -0.0625. The number of allylic oxidation sites excluding steroid dienone is 2. The molecule has 1 N–H and O–H groups in total. The number of nitrogens with zero attached hydrogens (tertiary/aromatic N) is 3. The maximum atomic E-state index is 10.0. The van der Waals surface area contributed by atoms with Crippen molar-refractivity contribution < 1.29 is 30.0 Å². The van der Waals surface area contributed by atoms with Crippen molar-refractivity contribution in [2.24, 2.45) is 0 Å². The number of rotatable bonds is 5. The molecule has 0 fully saturated rings. The SMILES string of the molecule is CC(=O)C=C(C)O.[Ir].[c-]1cccc2c1c1ncc(-c3ccc(N(c4ccccc4)c4ccccc4)cc3)nc1c1ccccc21. The summed E-state index contributed by atoms with van der Waals surface area (Å²) in [5.41, 5.74) is 6.98. The molecule has 5 nitrogen and oxygen atoms in total. The first-order valence-electron chi connectivity index (χ1n) is 14.4. The molecular weight excluding hydrogens is 735 g/mol. The van der Waals surface area contributed by atoms with E-state index in [1.165, 1.54) is 25.3 Å². The summed E-state index contributed by atoms with van der Waals surface area (Å²) in [7, 11) is 0. The summed E-state index contributed by atoms with van der Waals surface area (Å²) in [6.07, 6.45) is 3.04. The minimum atomic E-state index is -0.125. The predicted octanol–water partition coefficient (Wildman–Crippen LogP) is 9.91. The normalized spacial score (nSPS) is 11.0. The number of aliphatic hydroxyl groups excluding tert-OH is 1. The molecule has 45 heavy (non-hydrogen) atoms. The van der Waals surface area contributed by atoms with E-state index in [4.69, 9.17) is 15.1 Å². The van der Waals surface area contributed by atoms with Crippen molar-refractivity contribution in [1.29, 1.82) is 0 Å². The zero-order valence-corrected chi connectivity index (χ0v) is 27.2. The third-order valence-electron chi connectivity index (χ3n) is 7.20. The number of benzene rings is 6. The van der Waals surface area contributed by atoms with E-state index < -0.39 is 0 Å². The molecule has 0 saturated heterocycles. The maximum Gasteiger partial charge on any atom is 0.155 e. The van der Waals surface area contributed by atoms with Gasteiger partial charge in [-0.05, 0) is 55.6 Å². The van der Waals surface area contributed by atoms with Crippen LogP contribution in [0.3, 0.4) is 0 Å². The van der Waals surface area contributed by atoms with E-state index >= 15 is 0 Å². The molecule has 0 atom stereocenters. The number of carbonyl (C=O) groups excluding carboxylic acids is 1. The van der Waals surface area contributed by atoms with Crippen molar-refractivity contribution in [1.82, 2.24) is 9.97 Å². The molecule has 1 aromatic heterocycles. The number of aliphatic hydroxyl groups is 1. The van der Waals surface area contributed by atoms with Gasteiger partial charge in [0.25, 0.3) is 0 Å². The van der Waals surface area contributed by atoms with Crippen molar-refractivity contribution >= 4 is 55.4 Å². The van der Waals surface area contributed by atoms with Crippen LogP contribution in [0.1, 0.15) is 13.8 Å². The topological polar surface area (TPSA) is 66.3 Å². The Labute approximate surface area is 275 Å². The van der Waals surface area contributed by atoms with Gasteiger partial charge in [0.15, 0.2) is 5.78 Å². The molecule has 1 radical (unpaired) electrons. The summed E-state index contributed by atoms with van der Waals surface area (Å²) < 4.78 is 0. The number of aromatic nitrogens is 2. The minimum Gasteiger partial charge on any atom is -0.512 e. The first-order valence-corrected chi connectivity index (χ1v) is 14.4. The van der Waals surface area contributed by atoms with Gasteiger partial charge in [-0.1, -0.05) is 83.6 Å². The molecule has 223 valence electrons. The number of carbonyl (C=O) groups is 1. The van der Waals surface area contributed by atoms with E-state index in [0.717, 1.165) is 55.5 Å². The first kappa shape index (κ1) is 31.3. The monoisotopic (exact) mass is 765 g/mol. The van der Waals surface area contributed by atoms with Gasteiger partial charge in [0.1, 0.15) is 0 Å². The Kier molecular flexibility index (Phi) is 9.79. The van der Waals surface area contributed by atoms with Gasteiger partial charge in [-0.3, -0.25) is 9.78 Å². The molecule has 6 heteroatoms. The Bertz CT molecular complexity index is 2030. The molecule has 0 amide bonds. The summed E-state index contributed by atoms with van der Waals surface area (Å²) in [5, 5.41) is 12.8. The molecule has 0 saturated carbocycles. The number of hydrogen-bond acceptors (Lipinski definition) is 5. The molecule has 7 aromatic rings. The Morgan fingerprint density at radius 3 is 1.82 bits per heavy atom. The molecule has 0 aliphatic carbocycles. The Balaban J connectivity index is 0.000000452.